The average molecular weight is 394 g/mol. The van der Waals surface area contributed by atoms with Crippen molar-refractivity contribution in [2.45, 2.75) is 16.4 Å². The Morgan fingerprint density at radius 3 is 2.15 bits per heavy atom. The first-order valence-electron chi connectivity index (χ1n) is 8.36. The van der Waals surface area contributed by atoms with Crippen molar-refractivity contribution in [2.75, 3.05) is 0 Å². The third kappa shape index (κ3) is 6.28. The lowest BCUT2D eigenvalue weighted by atomic mass is 10.2. The summed E-state index contributed by atoms with van der Waals surface area (Å²) in [6.07, 6.45) is 3.11. The van der Waals surface area contributed by atoms with E-state index in [0.717, 1.165) is 26.7 Å². The average Bonchev–Trinajstić information content (AvgIpc) is 2.73. The number of ether oxygens (including phenoxy) is 1. The predicted octanol–water partition coefficient (Wildman–Crippen LogP) is 5.76. The van der Waals surface area contributed by atoms with E-state index >= 15 is 0 Å². The molecule has 0 aliphatic heterocycles. The van der Waals surface area contributed by atoms with E-state index in [4.69, 9.17) is 4.74 Å². The molecule has 0 fully saturated rings. The molecular formula is C22H19O3PS. The van der Waals surface area contributed by atoms with Gasteiger partial charge in [0.05, 0.1) is 9.47 Å². The van der Waals surface area contributed by atoms with Crippen LogP contribution >= 0.6 is 21.2 Å². The van der Waals surface area contributed by atoms with Gasteiger partial charge in [0.25, 0.3) is 0 Å². The van der Waals surface area contributed by atoms with Gasteiger partial charge in [0.15, 0.2) is 0 Å². The van der Waals surface area contributed by atoms with Crippen molar-refractivity contribution < 1.29 is 14.1 Å². The molecule has 0 bridgehead atoms. The maximum atomic E-state index is 11.1. The lowest BCUT2D eigenvalue weighted by Gasteiger charge is -2.07. The van der Waals surface area contributed by atoms with E-state index in [1.807, 2.05) is 88.3 Å². The maximum absolute atomic E-state index is 11.1. The molecule has 0 saturated carbocycles. The molecule has 0 saturated heterocycles. The van der Waals surface area contributed by atoms with Crippen LogP contribution in [-0.2, 0) is 15.9 Å². The smallest absolute Gasteiger partial charge is 0.332 e. The first kappa shape index (κ1) is 19.2. The topological polar surface area (TPSA) is 35.5 Å². The van der Waals surface area contributed by atoms with E-state index in [-0.39, 0.29) is 0 Å². The van der Waals surface area contributed by atoms with Crippen molar-refractivity contribution in [3.05, 3.63) is 96.1 Å². The zero-order valence-corrected chi connectivity index (χ0v) is 16.5. The lowest BCUT2D eigenvalue weighted by Crippen LogP contribution is -1.94. The van der Waals surface area contributed by atoms with Crippen LogP contribution in [0.4, 0.5) is 0 Å². The Labute approximate surface area is 165 Å². The van der Waals surface area contributed by atoms with Gasteiger partial charge in [0.1, 0.15) is 12.4 Å². The number of rotatable bonds is 7. The number of benzene rings is 3. The summed E-state index contributed by atoms with van der Waals surface area (Å²) in [6.45, 7) is 0.562. The summed E-state index contributed by atoms with van der Waals surface area (Å²) in [4.78, 5) is 13.4. The summed E-state index contributed by atoms with van der Waals surface area (Å²) in [6, 6.07) is 26.2. The highest BCUT2D eigenvalue weighted by molar-refractivity contribution is 7.99. The fourth-order valence-corrected chi connectivity index (χ4v) is 3.23. The van der Waals surface area contributed by atoms with Crippen molar-refractivity contribution in [1.29, 1.82) is 0 Å². The van der Waals surface area contributed by atoms with Crippen LogP contribution < -0.4 is 4.74 Å². The SMILES string of the molecule is O=C(/C=C/c1ccc(Sc2ccc(OCc3ccccc3)cc2)cc1)OP. The predicted molar refractivity (Wildman–Crippen MR) is 113 cm³/mol. The summed E-state index contributed by atoms with van der Waals surface area (Å²) >= 11 is 1.67. The molecule has 0 aliphatic rings. The van der Waals surface area contributed by atoms with Gasteiger partial charge in [-0.1, -0.05) is 54.2 Å². The molecule has 0 radical (unpaired) electrons. The summed E-state index contributed by atoms with van der Waals surface area (Å²) in [7, 11) is 1.94. The normalized spacial score (nSPS) is 10.7. The van der Waals surface area contributed by atoms with Gasteiger partial charge in [-0.2, -0.15) is 0 Å². The van der Waals surface area contributed by atoms with Crippen molar-refractivity contribution in [3.8, 4) is 5.75 Å². The molecule has 136 valence electrons. The number of carbonyl (C=O) groups excluding carboxylic acids is 1. The molecule has 0 amide bonds. The molecule has 0 heterocycles. The Hall–Kier alpha value is -2.55. The quantitative estimate of drug-likeness (QED) is 0.377. The van der Waals surface area contributed by atoms with Crippen LogP contribution in [-0.4, -0.2) is 5.97 Å². The lowest BCUT2D eigenvalue weighted by molar-refractivity contribution is -0.127. The van der Waals surface area contributed by atoms with Gasteiger partial charge in [0, 0.05) is 15.9 Å². The van der Waals surface area contributed by atoms with Crippen LogP contribution in [0, 0.1) is 0 Å². The highest BCUT2D eigenvalue weighted by atomic mass is 32.2. The molecule has 3 nitrogen and oxygen atoms in total. The van der Waals surface area contributed by atoms with Crippen molar-refractivity contribution in [3.63, 3.8) is 0 Å². The van der Waals surface area contributed by atoms with E-state index in [1.54, 1.807) is 17.8 Å². The largest absolute Gasteiger partial charge is 0.489 e. The third-order valence-electron chi connectivity index (χ3n) is 3.72. The van der Waals surface area contributed by atoms with Crippen molar-refractivity contribution in [2.24, 2.45) is 0 Å². The molecule has 0 aliphatic carbocycles. The summed E-state index contributed by atoms with van der Waals surface area (Å²) < 4.78 is 10.3. The Morgan fingerprint density at radius 2 is 1.52 bits per heavy atom. The van der Waals surface area contributed by atoms with Gasteiger partial charge in [-0.15, -0.1) is 0 Å². The second-order valence-electron chi connectivity index (χ2n) is 5.69. The molecule has 3 rings (SSSR count). The Bertz CT molecular complexity index is 891. The van der Waals surface area contributed by atoms with Gasteiger partial charge in [-0.3, -0.25) is 0 Å². The number of hydrogen-bond donors (Lipinski definition) is 0. The zero-order chi connectivity index (χ0) is 18.9. The Morgan fingerprint density at radius 1 is 0.889 bits per heavy atom. The molecule has 1 unspecified atom stereocenters. The fourth-order valence-electron chi connectivity index (χ4n) is 2.33. The number of carbonyl (C=O) groups is 1. The second-order valence-corrected chi connectivity index (χ2v) is 7.07. The Balaban J connectivity index is 1.55. The van der Waals surface area contributed by atoms with E-state index < -0.39 is 5.97 Å². The Kier molecular flexibility index (Phi) is 7.09. The van der Waals surface area contributed by atoms with Gasteiger partial charge >= 0.3 is 5.97 Å². The standard InChI is InChI=1S/C22H19O3PS/c23-22(25-26)15-8-17-6-11-20(12-7-17)27-21-13-9-19(10-14-21)24-16-18-4-2-1-3-5-18/h1-15H,16,26H2/b15-8+. The third-order valence-corrected chi connectivity index (χ3v) is 4.96. The van der Waals surface area contributed by atoms with Crippen molar-refractivity contribution in [1.82, 2.24) is 0 Å². The monoisotopic (exact) mass is 394 g/mol. The minimum atomic E-state index is -0.395. The molecular weight excluding hydrogens is 375 g/mol. The molecule has 3 aromatic carbocycles. The molecule has 1 atom stereocenters. The van der Waals surface area contributed by atoms with Crippen LogP contribution in [0.5, 0.6) is 5.75 Å². The molecule has 0 aromatic heterocycles. The zero-order valence-electron chi connectivity index (χ0n) is 14.6. The highest BCUT2D eigenvalue weighted by Crippen LogP contribution is 2.29. The van der Waals surface area contributed by atoms with E-state index in [9.17, 15) is 4.79 Å². The second kappa shape index (κ2) is 9.96. The van der Waals surface area contributed by atoms with Gasteiger partial charge in [-0.25, -0.2) is 4.79 Å². The van der Waals surface area contributed by atoms with Crippen LogP contribution in [0.1, 0.15) is 11.1 Å². The van der Waals surface area contributed by atoms with Crippen molar-refractivity contribution >= 4 is 33.3 Å². The molecule has 0 N–H and O–H groups in total. The number of hydrogen-bond acceptors (Lipinski definition) is 4. The molecule has 27 heavy (non-hydrogen) atoms. The van der Waals surface area contributed by atoms with Crippen LogP contribution in [0.3, 0.4) is 0 Å². The maximum Gasteiger partial charge on any atom is 0.332 e. The van der Waals surface area contributed by atoms with Gasteiger partial charge in [0.2, 0.25) is 0 Å². The molecule has 5 heteroatoms. The highest BCUT2D eigenvalue weighted by Gasteiger charge is 2.00. The van der Waals surface area contributed by atoms with Crippen LogP contribution in [0.2, 0.25) is 0 Å². The first-order valence-corrected chi connectivity index (χ1v) is 9.65. The van der Waals surface area contributed by atoms with E-state index in [0.29, 0.717) is 6.61 Å². The van der Waals surface area contributed by atoms with E-state index in [2.05, 4.69) is 4.52 Å². The molecule has 3 aromatic rings. The molecule has 0 spiro atoms. The van der Waals surface area contributed by atoms with Gasteiger partial charge < -0.3 is 9.26 Å². The van der Waals surface area contributed by atoms with Crippen LogP contribution in [0.15, 0.2) is 94.7 Å². The minimum absolute atomic E-state index is 0.395. The van der Waals surface area contributed by atoms with Crippen LogP contribution in [0.25, 0.3) is 6.08 Å². The first-order chi connectivity index (χ1) is 13.2. The summed E-state index contributed by atoms with van der Waals surface area (Å²) in [5.41, 5.74) is 2.09. The van der Waals surface area contributed by atoms with Gasteiger partial charge in [-0.05, 0) is 53.6 Å². The van der Waals surface area contributed by atoms with E-state index in [1.165, 1.54) is 6.08 Å². The summed E-state index contributed by atoms with van der Waals surface area (Å²) in [5, 5.41) is 0. The fraction of sp³-hybridized carbons (Fsp3) is 0.0455. The summed E-state index contributed by atoms with van der Waals surface area (Å²) in [5.74, 6) is 0.456. The minimum Gasteiger partial charge on any atom is -0.489 e.